The van der Waals surface area contributed by atoms with Gasteiger partial charge in [0, 0.05) is 11.5 Å². The summed E-state index contributed by atoms with van der Waals surface area (Å²) in [7, 11) is 0. The van der Waals surface area contributed by atoms with Gasteiger partial charge in [0.1, 0.15) is 23.4 Å². The Hall–Kier alpha value is -3.17. The highest BCUT2D eigenvalue weighted by molar-refractivity contribution is 5.89. The minimum Gasteiger partial charge on any atom is -0.545 e. The third-order valence-electron chi connectivity index (χ3n) is 7.42. The number of aliphatic hydroxyl groups is 1. The number of hydrogen-bond donors (Lipinski definition) is 2. The summed E-state index contributed by atoms with van der Waals surface area (Å²) in [6.07, 6.45) is 9.37. The third-order valence-corrected chi connectivity index (χ3v) is 7.42. The first-order valence-corrected chi connectivity index (χ1v) is 11.0. The molecule has 2 aliphatic carbocycles. The SMILES string of the molecule is C/C(=C\C=C\[C@@]1(C)OC(=O)[C@]23CC=C(C(=O)OCc4ccco4)CC[C@]2(O)[C@H]1CC3)C(=O)[O-].[NH4+]. The lowest BCUT2D eigenvalue weighted by molar-refractivity contribution is -0.299. The number of hydrogen-bond acceptors (Lipinski definition) is 8. The number of carboxylic acid groups (broad SMARTS) is 1. The Kier molecular flexibility index (Phi) is 6.91. The van der Waals surface area contributed by atoms with Crippen LogP contribution in [0.25, 0.3) is 0 Å². The highest BCUT2D eigenvalue weighted by Gasteiger charge is 2.71. The van der Waals surface area contributed by atoms with Crippen molar-refractivity contribution in [1.29, 1.82) is 0 Å². The van der Waals surface area contributed by atoms with Crippen molar-refractivity contribution in [2.75, 3.05) is 0 Å². The maximum absolute atomic E-state index is 13.3. The van der Waals surface area contributed by atoms with E-state index in [1.807, 2.05) is 0 Å². The minimum atomic E-state index is -1.37. The minimum absolute atomic E-state index is 0. The summed E-state index contributed by atoms with van der Waals surface area (Å²) in [6.45, 7) is 3.13. The zero-order valence-electron chi connectivity index (χ0n) is 19.7. The number of allylic oxidation sites excluding steroid dienone is 3. The van der Waals surface area contributed by atoms with Crippen LogP contribution in [0.1, 0.15) is 51.7 Å². The van der Waals surface area contributed by atoms with Crippen LogP contribution in [0.5, 0.6) is 0 Å². The smallest absolute Gasteiger partial charge is 0.334 e. The Labute approximate surface area is 197 Å². The van der Waals surface area contributed by atoms with Crippen LogP contribution in [-0.2, 0) is 30.5 Å². The number of carbonyl (C=O) groups is 3. The summed E-state index contributed by atoms with van der Waals surface area (Å²) in [5.41, 5.74) is -3.15. The molecule has 0 unspecified atom stereocenters. The summed E-state index contributed by atoms with van der Waals surface area (Å²) >= 11 is 0. The number of quaternary nitrogens is 1. The molecule has 2 bridgehead atoms. The molecule has 9 nitrogen and oxygen atoms in total. The molecule has 0 radical (unpaired) electrons. The summed E-state index contributed by atoms with van der Waals surface area (Å²) in [6, 6.07) is 3.41. The number of carboxylic acids is 1. The van der Waals surface area contributed by atoms with Crippen LogP contribution >= 0.6 is 0 Å². The van der Waals surface area contributed by atoms with Gasteiger partial charge in [0.15, 0.2) is 0 Å². The van der Waals surface area contributed by atoms with Gasteiger partial charge < -0.3 is 35.0 Å². The lowest BCUT2D eigenvalue weighted by Crippen LogP contribution is -2.63. The fourth-order valence-electron chi connectivity index (χ4n) is 5.50. The Morgan fingerprint density at radius 2 is 2.12 bits per heavy atom. The van der Waals surface area contributed by atoms with Gasteiger partial charge in [-0.15, -0.1) is 0 Å². The van der Waals surface area contributed by atoms with Crippen LogP contribution in [0, 0.1) is 11.3 Å². The highest BCUT2D eigenvalue weighted by Crippen LogP contribution is 2.63. The molecule has 2 fully saturated rings. The van der Waals surface area contributed by atoms with Crippen molar-refractivity contribution in [1.82, 2.24) is 6.15 Å². The zero-order chi connectivity index (χ0) is 23.9. The van der Waals surface area contributed by atoms with Crippen LogP contribution in [0.4, 0.5) is 0 Å². The molecule has 4 atom stereocenters. The van der Waals surface area contributed by atoms with Gasteiger partial charge in [-0.25, -0.2) is 4.79 Å². The van der Waals surface area contributed by atoms with Gasteiger partial charge in [-0.05, 0) is 69.7 Å². The Morgan fingerprint density at radius 1 is 1.35 bits per heavy atom. The van der Waals surface area contributed by atoms with Gasteiger partial charge in [-0.2, -0.15) is 0 Å². The average Bonchev–Trinajstić information content (AvgIpc) is 3.32. The lowest BCUT2D eigenvalue weighted by atomic mass is 9.62. The standard InChI is InChI=1S/C25H28O8.H3N/c1-16(20(26)27)5-3-10-23(2)19-9-12-24(22(29)33-23)11-7-17(8-13-25(19,24)30)21(28)32-15-18-6-4-14-31-18;/h3-7,10,14,19,30H,8-9,11-13,15H2,1-2H3,(H,26,27);1H3/b10-3+,16-5+;/t19-,23+,24+,25-;/m0./s1. The molecule has 9 heteroatoms. The average molecular weight is 474 g/mol. The second-order valence-corrected chi connectivity index (χ2v) is 9.26. The van der Waals surface area contributed by atoms with Gasteiger partial charge in [0.05, 0.1) is 17.8 Å². The van der Waals surface area contributed by atoms with E-state index in [9.17, 15) is 24.6 Å². The van der Waals surface area contributed by atoms with Crippen molar-refractivity contribution in [2.24, 2.45) is 11.3 Å². The molecule has 1 saturated heterocycles. The van der Waals surface area contributed by atoms with Crippen LogP contribution in [0.15, 0.2) is 58.3 Å². The van der Waals surface area contributed by atoms with E-state index in [0.717, 1.165) is 0 Å². The van der Waals surface area contributed by atoms with Gasteiger partial charge in [-0.3, -0.25) is 4.79 Å². The number of carbonyl (C=O) groups excluding carboxylic acids is 3. The van der Waals surface area contributed by atoms with E-state index >= 15 is 0 Å². The van der Waals surface area contributed by atoms with Crippen LogP contribution in [0.2, 0.25) is 0 Å². The summed E-state index contributed by atoms with van der Waals surface area (Å²) in [5, 5.41) is 22.8. The maximum Gasteiger partial charge on any atom is 0.334 e. The van der Waals surface area contributed by atoms with Crippen LogP contribution in [0.3, 0.4) is 0 Å². The van der Waals surface area contributed by atoms with Gasteiger partial charge in [-0.1, -0.05) is 18.2 Å². The number of ether oxygens (including phenoxy) is 2. The van der Waals surface area contributed by atoms with E-state index in [4.69, 9.17) is 13.9 Å². The molecular weight excluding hydrogens is 442 g/mol. The van der Waals surface area contributed by atoms with E-state index in [0.29, 0.717) is 24.2 Å². The molecule has 1 aromatic rings. The highest BCUT2D eigenvalue weighted by atomic mass is 16.6. The first-order chi connectivity index (χ1) is 15.6. The van der Waals surface area contributed by atoms with Crippen molar-refractivity contribution >= 4 is 17.9 Å². The molecule has 184 valence electrons. The fraction of sp³-hybridized carbons (Fsp3) is 0.480. The summed E-state index contributed by atoms with van der Waals surface area (Å²) in [4.78, 5) is 36.8. The summed E-state index contributed by atoms with van der Waals surface area (Å²) in [5.74, 6) is -2.17. The normalized spacial score (nSPS) is 32.8. The van der Waals surface area contributed by atoms with E-state index in [1.165, 1.54) is 25.3 Å². The maximum atomic E-state index is 13.3. The summed E-state index contributed by atoms with van der Waals surface area (Å²) < 4.78 is 16.4. The van der Waals surface area contributed by atoms with E-state index in [1.54, 1.807) is 31.2 Å². The predicted molar refractivity (Wildman–Crippen MR) is 119 cm³/mol. The molecule has 1 aliphatic heterocycles. The second kappa shape index (κ2) is 9.23. The van der Waals surface area contributed by atoms with Gasteiger partial charge >= 0.3 is 11.9 Å². The topological polar surface area (TPSA) is 163 Å². The van der Waals surface area contributed by atoms with E-state index in [2.05, 4.69) is 0 Å². The number of cyclic esters (lactones) is 1. The number of rotatable bonds is 6. The zero-order valence-corrected chi connectivity index (χ0v) is 19.7. The lowest BCUT2D eigenvalue weighted by Gasteiger charge is -2.52. The molecule has 5 N–H and O–H groups in total. The van der Waals surface area contributed by atoms with Crippen molar-refractivity contribution in [3.8, 4) is 0 Å². The van der Waals surface area contributed by atoms with E-state index in [-0.39, 0.29) is 37.6 Å². The van der Waals surface area contributed by atoms with Crippen LogP contribution in [-0.4, -0.2) is 34.2 Å². The molecular formula is C25H31NO8. The molecule has 1 saturated carbocycles. The quantitative estimate of drug-likeness (QED) is 0.362. The molecule has 1 aromatic heterocycles. The Bertz CT molecular complexity index is 1050. The first-order valence-electron chi connectivity index (χ1n) is 11.0. The number of aliphatic carboxylic acids is 1. The van der Waals surface area contributed by atoms with Crippen molar-refractivity contribution < 1.29 is 38.5 Å². The van der Waals surface area contributed by atoms with Gasteiger partial charge in [0.25, 0.3) is 0 Å². The largest absolute Gasteiger partial charge is 0.545 e. The molecule has 0 amide bonds. The Morgan fingerprint density at radius 3 is 2.79 bits per heavy atom. The third kappa shape index (κ3) is 4.10. The molecule has 0 aromatic carbocycles. The molecule has 3 aliphatic rings. The number of furan rings is 1. The molecule has 2 heterocycles. The molecule has 4 rings (SSSR count). The first kappa shape index (κ1) is 25.5. The van der Waals surface area contributed by atoms with E-state index < -0.39 is 40.4 Å². The molecule has 34 heavy (non-hydrogen) atoms. The predicted octanol–water partition coefficient (Wildman–Crippen LogP) is 2.50. The van der Waals surface area contributed by atoms with Crippen LogP contribution < -0.4 is 11.3 Å². The van der Waals surface area contributed by atoms with Crippen molar-refractivity contribution in [3.05, 3.63) is 59.6 Å². The number of esters is 2. The second-order valence-electron chi connectivity index (χ2n) is 9.26. The Balaban J connectivity index is 0.00000324. The van der Waals surface area contributed by atoms with Gasteiger partial charge in [0.2, 0.25) is 0 Å². The van der Waals surface area contributed by atoms with Crippen molar-refractivity contribution in [2.45, 2.75) is 63.8 Å². The monoisotopic (exact) mass is 473 g/mol. The molecule has 0 spiro atoms. The van der Waals surface area contributed by atoms with Crippen molar-refractivity contribution in [3.63, 3.8) is 0 Å². The fourth-order valence-corrected chi connectivity index (χ4v) is 5.50.